The first-order valence-electron chi connectivity index (χ1n) is 11.4. The fourth-order valence-electron chi connectivity index (χ4n) is 5.08. The summed E-state index contributed by atoms with van der Waals surface area (Å²) < 4.78 is 5.62. The second-order valence-electron chi connectivity index (χ2n) is 8.58. The van der Waals surface area contributed by atoms with Crippen molar-refractivity contribution in [3.05, 3.63) is 75.4 Å². The van der Waals surface area contributed by atoms with Gasteiger partial charge >= 0.3 is 0 Å². The Morgan fingerprint density at radius 1 is 1.15 bits per heavy atom. The Morgan fingerprint density at radius 2 is 2.03 bits per heavy atom. The van der Waals surface area contributed by atoms with E-state index in [0.29, 0.717) is 11.6 Å². The zero-order chi connectivity index (χ0) is 22.8. The van der Waals surface area contributed by atoms with Gasteiger partial charge < -0.3 is 19.9 Å². The molecule has 2 aliphatic heterocycles. The first-order chi connectivity index (χ1) is 16.1. The quantitative estimate of drug-likeness (QED) is 0.557. The Morgan fingerprint density at radius 3 is 2.85 bits per heavy atom. The lowest BCUT2D eigenvalue weighted by Gasteiger charge is -2.49. The minimum Gasteiger partial charge on any atom is -0.495 e. The highest BCUT2D eigenvalue weighted by Gasteiger charge is 2.41. The number of thiophene rings is 1. The van der Waals surface area contributed by atoms with Gasteiger partial charge in [0.05, 0.1) is 24.8 Å². The Hall–Kier alpha value is -2.70. The van der Waals surface area contributed by atoms with Crippen LogP contribution in [0.1, 0.15) is 10.4 Å². The van der Waals surface area contributed by atoms with Crippen LogP contribution in [-0.4, -0.2) is 45.2 Å². The minimum absolute atomic E-state index is 0.0825. The van der Waals surface area contributed by atoms with Gasteiger partial charge in [-0.1, -0.05) is 35.9 Å². The molecule has 0 bridgehead atoms. The zero-order valence-electron chi connectivity index (χ0n) is 18.7. The Balaban J connectivity index is 1.39. The molecule has 0 radical (unpaired) electrons. The molecule has 0 spiro atoms. The lowest BCUT2D eigenvalue weighted by Crippen LogP contribution is -2.61. The van der Waals surface area contributed by atoms with Crippen molar-refractivity contribution in [3.63, 3.8) is 0 Å². The number of fused-ring (bicyclic) bond motifs is 3. The molecule has 0 saturated carbocycles. The molecule has 1 N–H and O–H groups in total. The van der Waals surface area contributed by atoms with Crippen LogP contribution in [0.15, 0.2) is 60.0 Å². The predicted molar refractivity (Wildman–Crippen MR) is 136 cm³/mol. The highest BCUT2D eigenvalue weighted by Crippen LogP contribution is 2.39. The van der Waals surface area contributed by atoms with E-state index in [2.05, 4.69) is 56.9 Å². The number of nitrogens with one attached hydrogen (secondary N) is 1. The number of benzene rings is 2. The van der Waals surface area contributed by atoms with Crippen LogP contribution in [0.2, 0.25) is 5.02 Å². The molecule has 172 valence electrons. The van der Waals surface area contributed by atoms with Crippen molar-refractivity contribution in [2.45, 2.75) is 18.9 Å². The number of anilines is 2. The van der Waals surface area contributed by atoms with Crippen LogP contribution in [0.25, 0.3) is 0 Å². The van der Waals surface area contributed by atoms with Crippen LogP contribution in [0.3, 0.4) is 0 Å². The summed E-state index contributed by atoms with van der Waals surface area (Å²) in [6.07, 6.45) is 1.62. The summed E-state index contributed by atoms with van der Waals surface area (Å²) in [5, 5.41) is 5.98. The fourth-order valence-corrected chi connectivity index (χ4v) is 5.96. The van der Waals surface area contributed by atoms with Crippen LogP contribution in [-0.2, 0) is 17.6 Å². The van der Waals surface area contributed by atoms with Crippen molar-refractivity contribution in [1.82, 2.24) is 5.32 Å². The molecule has 1 amide bonds. The maximum atomic E-state index is 13.4. The van der Waals surface area contributed by atoms with E-state index in [1.807, 2.05) is 18.2 Å². The second kappa shape index (κ2) is 9.65. The lowest BCUT2D eigenvalue weighted by molar-refractivity contribution is -0.125. The van der Waals surface area contributed by atoms with E-state index in [4.69, 9.17) is 16.3 Å². The number of methoxy groups -OCH3 is 1. The summed E-state index contributed by atoms with van der Waals surface area (Å²) in [6.45, 7) is 3.09. The third kappa shape index (κ3) is 4.55. The van der Waals surface area contributed by atoms with E-state index in [9.17, 15) is 4.79 Å². The zero-order valence-corrected chi connectivity index (χ0v) is 20.2. The van der Waals surface area contributed by atoms with Crippen molar-refractivity contribution in [1.29, 1.82) is 0 Å². The highest BCUT2D eigenvalue weighted by molar-refractivity contribution is 7.09. The van der Waals surface area contributed by atoms with Gasteiger partial charge in [0, 0.05) is 41.8 Å². The molecule has 7 heteroatoms. The first-order valence-corrected chi connectivity index (χ1v) is 12.6. The largest absolute Gasteiger partial charge is 0.495 e. The summed E-state index contributed by atoms with van der Waals surface area (Å²) in [6, 6.07) is 18.5. The van der Waals surface area contributed by atoms with E-state index < -0.39 is 0 Å². The molecule has 2 aromatic carbocycles. The summed E-state index contributed by atoms with van der Waals surface area (Å²) in [5.74, 6) is 0.827. The van der Waals surface area contributed by atoms with E-state index in [0.717, 1.165) is 43.9 Å². The Labute approximate surface area is 203 Å². The summed E-state index contributed by atoms with van der Waals surface area (Å²) in [5.41, 5.74) is 3.49. The van der Waals surface area contributed by atoms with Gasteiger partial charge in [0.2, 0.25) is 5.91 Å². The monoisotopic (exact) mass is 481 g/mol. The number of rotatable bonds is 6. The molecule has 2 aliphatic rings. The molecule has 3 aromatic rings. The lowest BCUT2D eigenvalue weighted by atomic mass is 9.83. The topological polar surface area (TPSA) is 44.8 Å². The maximum Gasteiger partial charge on any atom is 0.225 e. The molecule has 33 heavy (non-hydrogen) atoms. The predicted octanol–water partition coefficient (Wildman–Crippen LogP) is 4.64. The van der Waals surface area contributed by atoms with Gasteiger partial charge in [0.25, 0.3) is 0 Å². The van der Waals surface area contributed by atoms with Crippen molar-refractivity contribution in [2.75, 3.05) is 43.1 Å². The number of piperazine rings is 1. The van der Waals surface area contributed by atoms with Gasteiger partial charge in [-0.25, -0.2) is 0 Å². The molecule has 5 rings (SSSR count). The van der Waals surface area contributed by atoms with Crippen molar-refractivity contribution in [2.24, 2.45) is 5.92 Å². The third-order valence-electron chi connectivity index (χ3n) is 6.69. The van der Waals surface area contributed by atoms with Crippen LogP contribution in [0, 0.1) is 5.92 Å². The summed E-state index contributed by atoms with van der Waals surface area (Å²) in [4.78, 5) is 19.4. The number of halogens is 1. The molecule has 1 saturated heterocycles. The van der Waals surface area contributed by atoms with E-state index in [1.165, 1.54) is 16.1 Å². The number of para-hydroxylation sites is 1. The van der Waals surface area contributed by atoms with E-state index >= 15 is 0 Å². The highest BCUT2D eigenvalue weighted by atomic mass is 35.5. The number of nitrogens with zero attached hydrogens (tertiary/aromatic N) is 2. The molecule has 1 aromatic heterocycles. The first kappa shape index (κ1) is 22.1. The van der Waals surface area contributed by atoms with Gasteiger partial charge in [-0.2, -0.15) is 0 Å². The van der Waals surface area contributed by atoms with Crippen LogP contribution >= 0.6 is 22.9 Å². The summed E-state index contributed by atoms with van der Waals surface area (Å²) in [7, 11) is 1.68. The van der Waals surface area contributed by atoms with Gasteiger partial charge in [-0.15, -0.1) is 11.3 Å². The van der Waals surface area contributed by atoms with Gasteiger partial charge in [0.15, 0.2) is 0 Å². The number of carbonyl (C=O) groups excluding carboxylic acids is 1. The third-order valence-corrected chi connectivity index (χ3v) is 7.86. The maximum absolute atomic E-state index is 13.4. The minimum atomic E-state index is -0.115. The molecule has 5 nitrogen and oxygen atoms in total. The van der Waals surface area contributed by atoms with Gasteiger partial charge in [-0.3, -0.25) is 4.79 Å². The average Bonchev–Trinajstić information content (AvgIpc) is 3.36. The Bertz CT molecular complexity index is 1120. The Kier molecular flexibility index (Phi) is 6.47. The number of amides is 1. The molecular weight excluding hydrogens is 454 g/mol. The van der Waals surface area contributed by atoms with Crippen LogP contribution < -0.4 is 19.9 Å². The smallest absolute Gasteiger partial charge is 0.225 e. The van der Waals surface area contributed by atoms with E-state index in [1.54, 1.807) is 18.4 Å². The molecular formula is C26H28ClN3O2S. The van der Waals surface area contributed by atoms with E-state index in [-0.39, 0.29) is 17.9 Å². The average molecular weight is 482 g/mol. The second-order valence-corrected chi connectivity index (χ2v) is 10.1. The SMILES string of the molecule is COc1ccc(Cl)cc1N1CCN2c3ccccc3C[C@@H](C(=O)NCCc3cccs3)[C@@H]2C1. The van der Waals surface area contributed by atoms with Gasteiger partial charge in [-0.05, 0) is 54.1 Å². The molecule has 3 heterocycles. The normalized spacial score (nSPS) is 19.6. The van der Waals surface area contributed by atoms with Crippen molar-refractivity contribution in [3.8, 4) is 5.75 Å². The summed E-state index contributed by atoms with van der Waals surface area (Å²) >= 11 is 8.05. The molecule has 0 unspecified atom stereocenters. The standard InChI is InChI=1S/C26H28ClN3O2S/c1-32-25-9-8-19(27)16-23(25)29-12-13-30-22-7-3-2-5-18(22)15-21(24(30)17-29)26(31)28-11-10-20-6-4-14-33-20/h2-9,14,16,21,24H,10-13,15,17H2,1H3,(H,28,31)/t21-,24+/m1/s1. The molecule has 1 fully saturated rings. The number of hydrogen-bond acceptors (Lipinski definition) is 5. The molecule has 2 atom stereocenters. The van der Waals surface area contributed by atoms with Gasteiger partial charge in [0.1, 0.15) is 5.75 Å². The van der Waals surface area contributed by atoms with Crippen LogP contribution in [0.4, 0.5) is 11.4 Å². The molecule has 0 aliphatic carbocycles. The van der Waals surface area contributed by atoms with Crippen molar-refractivity contribution < 1.29 is 9.53 Å². The van der Waals surface area contributed by atoms with Crippen LogP contribution in [0.5, 0.6) is 5.75 Å². The van der Waals surface area contributed by atoms with Crippen molar-refractivity contribution >= 4 is 40.2 Å². The fraction of sp³-hybridized carbons (Fsp3) is 0.346. The number of hydrogen-bond donors (Lipinski definition) is 1. The number of carbonyl (C=O) groups is 1. The number of ether oxygens (including phenoxy) is 1.